The van der Waals surface area contributed by atoms with E-state index in [0.29, 0.717) is 16.9 Å². The zero-order chi connectivity index (χ0) is 16.9. The summed E-state index contributed by atoms with van der Waals surface area (Å²) < 4.78 is 0. The molecule has 3 aromatic rings. The summed E-state index contributed by atoms with van der Waals surface area (Å²) in [4.78, 5) is 28.4. The Hall–Kier alpha value is -2.99. The number of carbonyl (C=O) groups is 2. The number of benzene rings is 2. The molecule has 5 nitrogen and oxygen atoms in total. The topological polar surface area (TPSA) is 71.1 Å². The normalized spacial score (nSPS) is 10.2. The van der Waals surface area contributed by atoms with Gasteiger partial charge < -0.3 is 10.6 Å². The Balaban J connectivity index is 1.76. The molecule has 0 atom stereocenters. The molecule has 2 aromatic carbocycles. The maximum atomic E-state index is 12.3. The van der Waals surface area contributed by atoms with Crippen LogP contribution in [0.2, 0.25) is 0 Å². The van der Waals surface area contributed by atoms with Crippen LogP contribution in [0.1, 0.15) is 20.8 Å². The van der Waals surface area contributed by atoms with E-state index in [1.54, 1.807) is 36.7 Å². The molecule has 0 saturated heterocycles. The molecule has 0 saturated carbocycles. The van der Waals surface area contributed by atoms with Gasteiger partial charge in [0, 0.05) is 29.2 Å². The second-order valence-electron chi connectivity index (χ2n) is 5.02. The molecule has 0 radical (unpaired) electrons. The van der Waals surface area contributed by atoms with Gasteiger partial charge in [-0.1, -0.05) is 36.4 Å². The quantitative estimate of drug-likeness (QED) is 0.766. The van der Waals surface area contributed by atoms with Crippen molar-refractivity contribution >= 4 is 28.8 Å². The SMILES string of the molecule is CNC(=O)c1cccc(NC(=O)c2csc(-c3ccccc3)n2)c1. The first-order valence-electron chi connectivity index (χ1n) is 7.32. The molecule has 120 valence electrons. The van der Waals surface area contributed by atoms with Gasteiger partial charge in [-0.3, -0.25) is 9.59 Å². The molecular formula is C18H15N3O2S. The minimum atomic E-state index is -0.303. The highest BCUT2D eigenvalue weighted by Gasteiger charge is 2.13. The molecule has 0 aliphatic carbocycles. The molecule has 0 fully saturated rings. The van der Waals surface area contributed by atoms with Gasteiger partial charge >= 0.3 is 0 Å². The third-order valence-corrected chi connectivity index (χ3v) is 4.26. The van der Waals surface area contributed by atoms with Gasteiger partial charge in [0.2, 0.25) is 0 Å². The van der Waals surface area contributed by atoms with Crippen LogP contribution in [-0.2, 0) is 0 Å². The van der Waals surface area contributed by atoms with Crippen molar-refractivity contribution in [2.75, 3.05) is 12.4 Å². The fraction of sp³-hybridized carbons (Fsp3) is 0.0556. The lowest BCUT2D eigenvalue weighted by Crippen LogP contribution is -2.18. The number of nitrogens with one attached hydrogen (secondary N) is 2. The van der Waals surface area contributed by atoms with Crippen LogP contribution >= 0.6 is 11.3 Å². The van der Waals surface area contributed by atoms with Crippen molar-refractivity contribution in [2.24, 2.45) is 0 Å². The van der Waals surface area contributed by atoms with Crippen LogP contribution in [0.5, 0.6) is 0 Å². The van der Waals surface area contributed by atoms with E-state index in [-0.39, 0.29) is 11.8 Å². The smallest absolute Gasteiger partial charge is 0.275 e. The number of nitrogens with zero attached hydrogens (tertiary/aromatic N) is 1. The molecule has 1 aromatic heterocycles. The number of carbonyl (C=O) groups excluding carboxylic acids is 2. The second kappa shape index (κ2) is 7.06. The zero-order valence-electron chi connectivity index (χ0n) is 12.9. The lowest BCUT2D eigenvalue weighted by molar-refractivity contribution is 0.0961. The minimum absolute atomic E-state index is 0.203. The van der Waals surface area contributed by atoms with Crippen LogP contribution in [0.15, 0.2) is 60.0 Å². The van der Waals surface area contributed by atoms with Crippen molar-refractivity contribution in [2.45, 2.75) is 0 Å². The fourth-order valence-electron chi connectivity index (χ4n) is 2.17. The summed E-state index contributed by atoms with van der Waals surface area (Å²) in [6.07, 6.45) is 0. The van der Waals surface area contributed by atoms with Gasteiger partial charge in [-0.05, 0) is 18.2 Å². The summed E-state index contributed by atoms with van der Waals surface area (Å²) in [5.74, 6) is -0.506. The number of hydrogen-bond acceptors (Lipinski definition) is 4. The number of aromatic nitrogens is 1. The van der Waals surface area contributed by atoms with Crippen molar-refractivity contribution < 1.29 is 9.59 Å². The Kier molecular flexibility index (Phi) is 4.67. The van der Waals surface area contributed by atoms with Gasteiger partial charge in [0.25, 0.3) is 11.8 Å². The number of rotatable bonds is 4. The van der Waals surface area contributed by atoms with Crippen molar-refractivity contribution in [1.82, 2.24) is 10.3 Å². The van der Waals surface area contributed by atoms with E-state index >= 15 is 0 Å². The molecule has 0 spiro atoms. The van der Waals surface area contributed by atoms with E-state index in [0.717, 1.165) is 10.6 Å². The van der Waals surface area contributed by atoms with Crippen LogP contribution < -0.4 is 10.6 Å². The second-order valence-corrected chi connectivity index (χ2v) is 5.88. The van der Waals surface area contributed by atoms with Crippen molar-refractivity contribution in [3.05, 3.63) is 71.2 Å². The fourth-order valence-corrected chi connectivity index (χ4v) is 2.98. The van der Waals surface area contributed by atoms with Crippen LogP contribution in [0, 0.1) is 0 Å². The molecule has 0 bridgehead atoms. The first-order valence-corrected chi connectivity index (χ1v) is 8.20. The highest BCUT2D eigenvalue weighted by atomic mass is 32.1. The van der Waals surface area contributed by atoms with Gasteiger partial charge in [-0.15, -0.1) is 11.3 Å². The van der Waals surface area contributed by atoms with Gasteiger partial charge in [0.05, 0.1) is 0 Å². The molecule has 0 aliphatic rings. The molecule has 2 N–H and O–H groups in total. The van der Waals surface area contributed by atoms with Crippen LogP contribution in [0.3, 0.4) is 0 Å². The van der Waals surface area contributed by atoms with E-state index in [4.69, 9.17) is 0 Å². The molecule has 0 unspecified atom stereocenters. The van der Waals surface area contributed by atoms with Gasteiger partial charge in [0.1, 0.15) is 10.7 Å². The molecule has 2 amide bonds. The molecular weight excluding hydrogens is 322 g/mol. The maximum Gasteiger partial charge on any atom is 0.275 e. The summed E-state index contributed by atoms with van der Waals surface area (Å²) in [5.41, 5.74) is 2.36. The molecule has 6 heteroatoms. The Bertz CT molecular complexity index is 875. The van der Waals surface area contributed by atoms with Gasteiger partial charge in [0.15, 0.2) is 0 Å². The summed E-state index contributed by atoms with van der Waals surface area (Å²) in [6, 6.07) is 16.5. The summed E-state index contributed by atoms with van der Waals surface area (Å²) in [6.45, 7) is 0. The standard InChI is InChI=1S/C18H15N3O2S/c1-19-16(22)13-8-5-9-14(10-13)20-17(23)15-11-24-18(21-15)12-6-3-2-4-7-12/h2-11H,1H3,(H,19,22)(H,20,23). The van der Waals surface area contributed by atoms with E-state index in [2.05, 4.69) is 15.6 Å². The maximum absolute atomic E-state index is 12.3. The van der Waals surface area contributed by atoms with Crippen molar-refractivity contribution in [3.63, 3.8) is 0 Å². The third kappa shape index (κ3) is 3.49. The first-order chi connectivity index (χ1) is 11.7. The average molecular weight is 337 g/mol. The minimum Gasteiger partial charge on any atom is -0.355 e. The Morgan fingerprint density at radius 3 is 2.54 bits per heavy atom. The molecule has 1 heterocycles. The van der Waals surface area contributed by atoms with Crippen LogP contribution in [0.4, 0.5) is 5.69 Å². The lowest BCUT2D eigenvalue weighted by Gasteiger charge is -2.05. The Labute approximate surface area is 143 Å². The summed E-state index contributed by atoms with van der Waals surface area (Å²) in [7, 11) is 1.56. The Morgan fingerprint density at radius 1 is 1.00 bits per heavy atom. The van der Waals surface area contributed by atoms with Crippen LogP contribution in [0.25, 0.3) is 10.6 Å². The Morgan fingerprint density at radius 2 is 1.79 bits per heavy atom. The van der Waals surface area contributed by atoms with Crippen molar-refractivity contribution in [3.8, 4) is 10.6 Å². The molecule has 0 aliphatic heterocycles. The van der Waals surface area contributed by atoms with Gasteiger partial charge in [-0.2, -0.15) is 0 Å². The monoisotopic (exact) mass is 337 g/mol. The third-order valence-electron chi connectivity index (χ3n) is 3.37. The van der Waals surface area contributed by atoms with Crippen LogP contribution in [-0.4, -0.2) is 23.8 Å². The van der Waals surface area contributed by atoms with E-state index in [1.165, 1.54) is 11.3 Å². The predicted molar refractivity (Wildman–Crippen MR) is 95.3 cm³/mol. The number of thiazole rings is 1. The first kappa shape index (κ1) is 15.9. The van der Waals surface area contributed by atoms with Crippen molar-refractivity contribution in [1.29, 1.82) is 0 Å². The predicted octanol–water partition coefficient (Wildman–Crippen LogP) is 3.42. The average Bonchev–Trinajstić information content (AvgIpc) is 3.12. The van der Waals surface area contributed by atoms with E-state index in [1.807, 2.05) is 30.3 Å². The zero-order valence-corrected chi connectivity index (χ0v) is 13.8. The number of anilines is 1. The summed E-state index contributed by atoms with van der Waals surface area (Å²) in [5, 5.41) is 7.83. The summed E-state index contributed by atoms with van der Waals surface area (Å²) >= 11 is 1.42. The largest absolute Gasteiger partial charge is 0.355 e. The number of amides is 2. The number of hydrogen-bond donors (Lipinski definition) is 2. The van der Waals surface area contributed by atoms with Gasteiger partial charge in [-0.25, -0.2) is 4.98 Å². The molecule has 24 heavy (non-hydrogen) atoms. The highest BCUT2D eigenvalue weighted by molar-refractivity contribution is 7.13. The lowest BCUT2D eigenvalue weighted by atomic mass is 10.2. The van der Waals surface area contributed by atoms with E-state index in [9.17, 15) is 9.59 Å². The highest BCUT2D eigenvalue weighted by Crippen LogP contribution is 2.23. The molecule has 3 rings (SSSR count). The van der Waals surface area contributed by atoms with E-state index < -0.39 is 0 Å².